The van der Waals surface area contributed by atoms with Crippen LogP contribution in [-0.2, 0) is 14.8 Å². The van der Waals surface area contributed by atoms with E-state index in [4.69, 9.17) is 29.8 Å². The molecule has 1 aliphatic heterocycles. The fourth-order valence-corrected chi connectivity index (χ4v) is 7.81. The summed E-state index contributed by atoms with van der Waals surface area (Å²) in [7, 11) is -3.80. The minimum Gasteiger partial charge on any atom is -0.329 e. The van der Waals surface area contributed by atoms with Crippen molar-refractivity contribution in [3.63, 3.8) is 0 Å². The molecule has 2 aliphatic rings. The number of nitrogens with zero attached hydrogens (tertiary/aromatic N) is 3. The highest BCUT2D eigenvalue weighted by Crippen LogP contribution is 2.54. The van der Waals surface area contributed by atoms with Crippen molar-refractivity contribution in [2.45, 2.75) is 50.6 Å². The fourth-order valence-electron chi connectivity index (χ4n) is 6.55. The Labute approximate surface area is 264 Å². The molecule has 0 spiro atoms. The molecule has 5 rings (SSSR count). The average Bonchev–Trinajstić information content (AvgIpc) is 3.81. The summed E-state index contributed by atoms with van der Waals surface area (Å²) in [4.78, 5) is 20.4. The van der Waals surface area contributed by atoms with Gasteiger partial charge in [-0.2, -0.15) is 0 Å². The van der Waals surface area contributed by atoms with Gasteiger partial charge < -0.3 is 4.90 Å². The van der Waals surface area contributed by atoms with Crippen molar-refractivity contribution in [3.05, 3.63) is 118 Å². The number of benzene rings is 3. The first-order valence-electron chi connectivity index (χ1n) is 14.4. The third-order valence-electron chi connectivity index (χ3n) is 8.73. The molecule has 1 heterocycles. The molecule has 224 valence electrons. The monoisotopic (exact) mass is 635 g/mol. The summed E-state index contributed by atoms with van der Waals surface area (Å²) < 4.78 is 28.0. The molecule has 1 aliphatic carbocycles. The summed E-state index contributed by atoms with van der Waals surface area (Å²) in [6.45, 7) is 13.7. The highest BCUT2D eigenvalue weighted by atomic mass is 35.5. The zero-order valence-electron chi connectivity index (χ0n) is 24.3. The van der Waals surface area contributed by atoms with Gasteiger partial charge in [-0.1, -0.05) is 78.7 Å². The SMILES string of the molecule is [C-]#[N+]c1ccccc1N(C[C@H](C1CC1)N1C(=O)[C@@](C)(CC=C)CC(c2cccc(Cl)c2)[C@H]1c1ccc(Cl)cc1)S(C)(=O)=O. The Morgan fingerprint density at radius 2 is 1.77 bits per heavy atom. The van der Waals surface area contributed by atoms with Crippen LogP contribution >= 0.6 is 23.2 Å². The summed E-state index contributed by atoms with van der Waals surface area (Å²) in [5.41, 5.74) is 1.72. The van der Waals surface area contributed by atoms with Crippen LogP contribution in [0.3, 0.4) is 0 Å². The minimum atomic E-state index is -3.80. The average molecular weight is 637 g/mol. The van der Waals surface area contributed by atoms with Crippen molar-refractivity contribution < 1.29 is 13.2 Å². The van der Waals surface area contributed by atoms with Crippen LogP contribution < -0.4 is 4.31 Å². The highest BCUT2D eigenvalue weighted by molar-refractivity contribution is 7.92. The molecule has 1 saturated carbocycles. The molecule has 6 nitrogen and oxygen atoms in total. The third kappa shape index (κ3) is 6.47. The summed E-state index contributed by atoms with van der Waals surface area (Å²) in [6.07, 6.45) is 5.74. The first-order valence-corrected chi connectivity index (χ1v) is 17.0. The van der Waals surface area contributed by atoms with Crippen LogP contribution in [0, 0.1) is 17.9 Å². The number of carbonyl (C=O) groups is 1. The van der Waals surface area contributed by atoms with E-state index in [9.17, 15) is 13.2 Å². The van der Waals surface area contributed by atoms with Gasteiger partial charge in [-0.15, -0.1) is 6.58 Å². The van der Waals surface area contributed by atoms with Crippen molar-refractivity contribution in [3.8, 4) is 0 Å². The number of hydrogen-bond acceptors (Lipinski definition) is 3. The fraction of sp³-hybridized carbons (Fsp3) is 0.353. The van der Waals surface area contributed by atoms with E-state index in [1.807, 2.05) is 60.4 Å². The van der Waals surface area contributed by atoms with E-state index in [0.29, 0.717) is 28.6 Å². The Hall–Kier alpha value is -3.31. The lowest BCUT2D eigenvalue weighted by atomic mass is 9.67. The van der Waals surface area contributed by atoms with Crippen LogP contribution in [-0.4, -0.2) is 38.1 Å². The van der Waals surface area contributed by atoms with Gasteiger partial charge in [0.25, 0.3) is 0 Å². The number of sulfonamides is 1. The van der Waals surface area contributed by atoms with Gasteiger partial charge in [0, 0.05) is 16.0 Å². The Bertz CT molecular complexity index is 1670. The molecule has 1 amide bonds. The quantitative estimate of drug-likeness (QED) is 0.166. The van der Waals surface area contributed by atoms with Gasteiger partial charge in [0.1, 0.15) is 0 Å². The number of anilines is 1. The normalized spacial score (nSPS) is 23.0. The van der Waals surface area contributed by atoms with Gasteiger partial charge in [0.05, 0.1) is 42.6 Å². The third-order valence-corrected chi connectivity index (χ3v) is 10.4. The lowest BCUT2D eigenvalue weighted by molar-refractivity contribution is -0.154. The Kier molecular flexibility index (Phi) is 8.94. The lowest BCUT2D eigenvalue weighted by Crippen LogP contribution is -2.59. The maximum absolute atomic E-state index is 14.8. The largest absolute Gasteiger partial charge is 0.329 e. The predicted molar refractivity (Wildman–Crippen MR) is 174 cm³/mol. The number of allylic oxidation sites excluding steroid dienone is 1. The van der Waals surface area contributed by atoms with Crippen LogP contribution in [0.4, 0.5) is 11.4 Å². The zero-order chi connectivity index (χ0) is 30.9. The summed E-state index contributed by atoms with van der Waals surface area (Å²) in [5, 5.41) is 1.20. The van der Waals surface area contributed by atoms with Crippen LogP contribution in [0.15, 0.2) is 85.5 Å². The highest BCUT2D eigenvalue weighted by Gasteiger charge is 2.54. The maximum atomic E-state index is 14.8. The summed E-state index contributed by atoms with van der Waals surface area (Å²) in [6, 6.07) is 21.2. The molecule has 1 saturated heterocycles. The number of hydrogen-bond donors (Lipinski definition) is 0. The van der Waals surface area contributed by atoms with E-state index in [2.05, 4.69) is 11.4 Å². The summed E-state index contributed by atoms with van der Waals surface area (Å²) >= 11 is 12.8. The topological polar surface area (TPSA) is 62.1 Å². The Morgan fingerprint density at radius 1 is 1.07 bits per heavy atom. The molecular formula is C34H35Cl2N3O3S. The van der Waals surface area contributed by atoms with Gasteiger partial charge in [0.15, 0.2) is 0 Å². The Balaban J connectivity index is 1.71. The van der Waals surface area contributed by atoms with E-state index in [0.717, 1.165) is 30.2 Å². The molecule has 3 aromatic rings. The molecule has 3 aromatic carbocycles. The number of rotatable bonds is 10. The van der Waals surface area contributed by atoms with E-state index in [-0.39, 0.29) is 30.0 Å². The minimum absolute atomic E-state index is 0.0329. The second-order valence-corrected chi connectivity index (χ2v) is 14.7. The lowest BCUT2D eigenvalue weighted by Gasteiger charge is -2.53. The van der Waals surface area contributed by atoms with Crippen molar-refractivity contribution >= 4 is 50.5 Å². The number of carbonyl (C=O) groups excluding carboxylic acids is 1. The maximum Gasteiger partial charge on any atom is 0.231 e. The smallest absolute Gasteiger partial charge is 0.231 e. The molecule has 0 aromatic heterocycles. The van der Waals surface area contributed by atoms with Gasteiger partial charge in [0.2, 0.25) is 21.6 Å². The van der Waals surface area contributed by atoms with Gasteiger partial charge in [-0.25, -0.2) is 13.3 Å². The summed E-state index contributed by atoms with van der Waals surface area (Å²) in [5.74, 6) is -0.0605. The molecule has 0 N–H and O–H groups in total. The molecule has 0 bridgehead atoms. The zero-order valence-corrected chi connectivity index (χ0v) is 26.6. The standard InChI is InChI=1S/C34H35Cl2N3O3S/c1-5-19-34(2)21-28(25-9-8-10-27(36)20-25)32(24-15-17-26(35)18-16-24)39(33(34)40)31(23-13-14-23)22-38(43(4,41)42)30-12-7-6-11-29(30)37-3/h5-12,15-18,20,23,28,31-32H,1,13-14,19,21-22H2,2,4H3/t28?,31-,32-,34+/m1/s1. The number of amides is 1. The Morgan fingerprint density at radius 3 is 2.37 bits per heavy atom. The number of para-hydroxylation sites is 2. The second-order valence-electron chi connectivity index (χ2n) is 11.9. The van der Waals surface area contributed by atoms with Crippen molar-refractivity contribution in [1.82, 2.24) is 4.90 Å². The molecule has 1 unspecified atom stereocenters. The van der Waals surface area contributed by atoms with Crippen LogP contribution in [0.5, 0.6) is 0 Å². The van der Waals surface area contributed by atoms with Gasteiger partial charge in [-0.3, -0.25) is 9.10 Å². The first-order chi connectivity index (χ1) is 20.5. The molecular weight excluding hydrogens is 601 g/mol. The molecule has 9 heteroatoms. The van der Waals surface area contributed by atoms with E-state index < -0.39 is 27.5 Å². The van der Waals surface area contributed by atoms with Crippen molar-refractivity contribution in [2.24, 2.45) is 11.3 Å². The number of halogens is 2. The molecule has 2 fully saturated rings. The second kappa shape index (κ2) is 12.4. The number of likely N-dealkylation sites (tertiary alicyclic amines) is 1. The van der Waals surface area contributed by atoms with Gasteiger partial charge >= 0.3 is 0 Å². The molecule has 4 atom stereocenters. The first kappa shape index (κ1) is 31.1. The molecule has 43 heavy (non-hydrogen) atoms. The van der Waals surface area contributed by atoms with Crippen molar-refractivity contribution in [2.75, 3.05) is 17.1 Å². The van der Waals surface area contributed by atoms with E-state index in [1.165, 1.54) is 4.31 Å². The van der Waals surface area contributed by atoms with Gasteiger partial charge in [-0.05, 0) is 73.1 Å². The van der Waals surface area contributed by atoms with Crippen LogP contribution in [0.1, 0.15) is 55.7 Å². The van der Waals surface area contributed by atoms with Crippen LogP contribution in [0.2, 0.25) is 10.0 Å². The van der Waals surface area contributed by atoms with E-state index >= 15 is 0 Å². The van der Waals surface area contributed by atoms with Crippen molar-refractivity contribution in [1.29, 1.82) is 0 Å². The molecule has 0 radical (unpaired) electrons. The van der Waals surface area contributed by atoms with Crippen LogP contribution in [0.25, 0.3) is 4.85 Å². The predicted octanol–water partition coefficient (Wildman–Crippen LogP) is 8.43. The van der Waals surface area contributed by atoms with E-state index in [1.54, 1.807) is 30.3 Å². The number of piperidine rings is 1.